The van der Waals surface area contributed by atoms with Crippen molar-refractivity contribution >= 4 is 35.0 Å². The Balaban J connectivity index is 1.04. The van der Waals surface area contributed by atoms with Crippen LogP contribution >= 0.6 is 0 Å². The molecule has 2 fully saturated rings. The zero-order chi connectivity index (χ0) is 43.7. The maximum atomic E-state index is 13.9. The highest BCUT2D eigenvalue weighted by Gasteiger charge is 2.43. The number of alkyl carbamates (subject to hydrolysis) is 1. The molecule has 0 spiro atoms. The van der Waals surface area contributed by atoms with Gasteiger partial charge in [0, 0.05) is 20.1 Å². The van der Waals surface area contributed by atoms with E-state index < -0.39 is 24.3 Å². The standard InChI is InChI=1S/C47H58N8O6/c1-26(2)40(52-46(58)60-8)44(56)54-24-29(6)21-39(54)43-49-35-19-18-34(22-36(35)50-43)32-12-10-30(11-13-32)31-14-16-33(17-15-31)37-23-48-42(51-37)38-20-28(5)25-55(38)45(57)41(27(3)4)53(7)47(59)61-9/h10-19,22-23,26-29,38-41H,20-21,24-25H2,1-9H3,(H,48,51)(H,49,50)(H,52,58)/t28-,29-,38-,39-,40-,41-/m0/s1. The number of likely N-dealkylation sites (N-methyl/N-ethyl adjacent to an activating group) is 1. The van der Waals surface area contributed by atoms with Crippen molar-refractivity contribution in [2.24, 2.45) is 23.7 Å². The molecular weight excluding hydrogens is 773 g/mol. The lowest BCUT2D eigenvalue weighted by Crippen LogP contribution is -2.52. The van der Waals surface area contributed by atoms with E-state index in [1.54, 1.807) is 7.05 Å². The van der Waals surface area contributed by atoms with E-state index in [9.17, 15) is 19.2 Å². The Kier molecular flexibility index (Phi) is 12.5. The van der Waals surface area contributed by atoms with Gasteiger partial charge < -0.3 is 34.6 Å². The first-order chi connectivity index (χ1) is 29.2. The Morgan fingerprint density at radius 2 is 1.26 bits per heavy atom. The number of imidazole rings is 2. The number of aromatic nitrogens is 4. The molecule has 5 aromatic rings. The Bertz CT molecular complexity index is 2370. The average Bonchev–Trinajstić information content (AvgIpc) is 4.07. The zero-order valence-corrected chi connectivity index (χ0v) is 36.6. The zero-order valence-electron chi connectivity index (χ0n) is 36.6. The van der Waals surface area contributed by atoms with E-state index in [0.717, 1.165) is 69.0 Å². The Morgan fingerprint density at radius 1 is 0.721 bits per heavy atom. The summed E-state index contributed by atoms with van der Waals surface area (Å²) in [6, 6.07) is 21.2. The summed E-state index contributed by atoms with van der Waals surface area (Å²) in [6.07, 6.45) is 2.20. The molecule has 3 aromatic carbocycles. The molecule has 4 amide bonds. The summed E-state index contributed by atoms with van der Waals surface area (Å²) in [4.78, 5) is 73.9. The van der Waals surface area contributed by atoms with Crippen LogP contribution in [-0.2, 0) is 19.1 Å². The van der Waals surface area contributed by atoms with E-state index in [-0.39, 0.29) is 47.6 Å². The van der Waals surface area contributed by atoms with Gasteiger partial charge in [-0.15, -0.1) is 0 Å². The maximum Gasteiger partial charge on any atom is 0.409 e. The molecule has 0 radical (unpaired) electrons. The van der Waals surface area contributed by atoms with Crippen LogP contribution in [0.4, 0.5) is 9.59 Å². The summed E-state index contributed by atoms with van der Waals surface area (Å²) in [6.45, 7) is 13.1. The lowest BCUT2D eigenvalue weighted by Gasteiger charge is -2.34. The minimum atomic E-state index is -0.702. The summed E-state index contributed by atoms with van der Waals surface area (Å²) in [7, 11) is 4.23. The van der Waals surface area contributed by atoms with Crippen LogP contribution in [0, 0.1) is 23.7 Å². The maximum absolute atomic E-state index is 13.9. The van der Waals surface area contributed by atoms with Crippen LogP contribution in [0.25, 0.3) is 44.5 Å². The number of aromatic amines is 2. The molecule has 4 heterocycles. The van der Waals surface area contributed by atoms with E-state index in [1.807, 2.05) is 49.8 Å². The lowest BCUT2D eigenvalue weighted by molar-refractivity contribution is -0.139. The van der Waals surface area contributed by atoms with Crippen LogP contribution in [0.2, 0.25) is 0 Å². The lowest BCUT2D eigenvalue weighted by atomic mass is 9.99. The van der Waals surface area contributed by atoms with Crippen molar-refractivity contribution < 1.29 is 28.7 Å². The first kappa shape index (κ1) is 42.9. The van der Waals surface area contributed by atoms with E-state index in [4.69, 9.17) is 19.4 Å². The number of fused-ring (bicyclic) bond motifs is 1. The molecule has 3 N–H and O–H groups in total. The number of carbonyl (C=O) groups is 4. The van der Waals surface area contributed by atoms with Gasteiger partial charge in [0.1, 0.15) is 23.7 Å². The number of likely N-dealkylation sites (tertiary alicyclic amines) is 2. The van der Waals surface area contributed by atoms with Crippen molar-refractivity contribution in [1.29, 1.82) is 0 Å². The highest BCUT2D eigenvalue weighted by Crippen LogP contribution is 2.38. The number of rotatable bonds is 11. The normalized spacial score (nSPS) is 20.0. The summed E-state index contributed by atoms with van der Waals surface area (Å²) in [5, 5.41) is 2.72. The van der Waals surface area contributed by atoms with E-state index >= 15 is 0 Å². The average molecular weight is 831 g/mol. The quantitative estimate of drug-likeness (QED) is 0.120. The third-order valence-corrected chi connectivity index (χ3v) is 12.2. The monoisotopic (exact) mass is 830 g/mol. The summed E-state index contributed by atoms with van der Waals surface area (Å²) >= 11 is 0. The van der Waals surface area contributed by atoms with E-state index in [0.29, 0.717) is 13.1 Å². The highest BCUT2D eigenvalue weighted by molar-refractivity contribution is 5.88. The van der Waals surface area contributed by atoms with Gasteiger partial charge in [0.15, 0.2) is 0 Å². The van der Waals surface area contributed by atoms with Crippen molar-refractivity contribution in [3.05, 3.63) is 84.6 Å². The third-order valence-electron chi connectivity index (χ3n) is 12.2. The van der Waals surface area contributed by atoms with Gasteiger partial charge in [-0.2, -0.15) is 0 Å². The predicted molar refractivity (Wildman–Crippen MR) is 234 cm³/mol. The minimum Gasteiger partial charge on any atom is -0.453 e. The third kappa shape index (κ3) is 8.85. The summed E-state index contributed by atoms with van der Waals surface area (Å²) in [5.74, 6) is 1.57. The summed E-state index contributed by atoms with van der Waals surface area (Å²) < 4.78 is 9.73. The molecule has 7 rings (SSSR count). The first-order valence-electron chi connectivity index (χ1n) is 21.2. The van der Waals surface area contributed by atoms with Gasteiger partial charge in [0.2, 0.25) is 11.8 Å². The molecule has 61 heavy (non-hydrogen) atoms. The predicted octanol–water partition coefficient (Wildman–Crippen LogP) is 8.21. The van der Waals surface area contributed by atoms with Crippen LogP contribution in [0.15, 0.2) is 72.9 Å². The number of nitrogens with one attached hydrogen (secondary N) is 3. The molecule has 14 heteroatoms. The van der Waals surface area contributed by atoms with Gasteiger partial charge in [-0.1, -0.05) is 96.1 Å². The van der Waals surface area contributed by atoms with Crippen molar-refractivity contribution in [3.63, 3.8) is 0 Å². The Hall–Kier alpha value is -6.18. The number of carbonyl (C=O) groups excluding carboxylic acids is 4. The highest BCUT2D eigenvalue weighted by atomic mass is 16.5. The molecule has 2 aromatic heterocycles. The number of hydrogen-bond acceptors (Lipinski definition) is 8. The molecular formula is C47H58N8O6. The van der Waals surface area contributed by atoms with Crippen LogP contribution in [-0.4, -0.2) is 105 Å². The van der Waals surface area contributed by atoms with Crippen LogP contribution in [0.1, 0.15) is 78.1 Å². The van der Waals surface area contributed by atoms with Crippen LogP contribution in [0.5, 0.6) is 0 Å². The first-order valence-corrected chi connectivity index (χ1v) is 21.2. The number of nitrogens with zero attached hydrogens (tertiary/aromatic N) is 5. The van der Waals surface area contributed by atoms with Gasteiger partial charge >= 0.3 is 12.2 Å². The van der Waals surface area contributed by atoms with Gasteiger partial charge in [0.05, 0.1) is 49.2 Å². The number of amides is 4. The van der Waals surface area contributed by atoms with Crippen molar-refractivity contribution in [3.8, 4) is 33.5 Å². The molecule has 14 nitrogen and oxygen atoms in total. The van der Waals surface area contributed by atoms with Gasteiger partial charge in [0.25, 0.3) is 0 Å². The SMILES string of the molecule is COC(=O)N[C@H](C(=O)N1C[C@@H](C)C[C@H]1c1nc2ccc(-c3ccc(-c4ccc(-c5cnc([C@@H]6C[C@H](C)CN6C(=O)[C@H](C(C)C)N(C)C(=O)OC)[nH]5)cc4)cc3)cc2[nH]1)C(C)C. The molecule has 322 valence electrons. The van der Waals surface area contributed by atoms with Crippen molar-refractivity contribution in [1.82, 2.24) is 40.0 Å². The number of hydrogen-bond donors (Lipinski definition) is 3. The van der Waals surface area contributed by atoms with Crippen molar-refractivity contribution in [2.45, 2.75) is 78.6 Å². The molecule has 2 aliphatic heterocycles. The van der Waals surface area contributed by atoms with Crippen LogP contribution < -0.4 is 5.32 Å². The molecule has 0 saturated carbocycles. The smallest absolute Gasteiger partial charge is 0.409 e. The molecule has 0 bridgehead atoms. The largest absolute Gasteiger partial charge is 0.453 e. The topological polar surface area (TPSA) is 166 Å². The molecule has 0 unspecified atom stereocenters. The second-order valence-electron chi connectivity index (χ2n) is 17.5. The number of ether oxygens (including phenoxy) is 2. The molecule has 6 atom stereocenters. The number of benzene rings is 3. The molecule has 2 saturated heterocycles. The molecule has 0 aliphatic carbocycles. The Labute approximate surface area is 357 Å². The van der Waals surface area contributed by atoms with E-state index in [2.05, 4.69) is 89.8 Å². The fraction of sp³-hybridized carbons (Fsp3) is 0.447. The van der Waals surface area contributed by atoms with Gasteiger partial charge in [-0.25, -0.2) is 19.6 Å². The fourth-order valence-corrected chi connectivity index (χ4v) is 9.02. The number of H-pyrrole nitrogens is 2. The van der Waals surface area contributed by atoms with Gasteiger partial charge in [-0.3, -0.25) is 14.5 Å². The second-order valence-corrected chi connectivity index (χ2v) is 17.5. The van der Waals surface area contributed by atoms with Crippen molar-refractivity contribution in [2.75, 3.05) is 34.4 Å². The van der Waals surface area contributed by atoms with Crippen LogP contribution in [0.3, 0.4) is 0 Å². The Morgan fingerprint density at radius 3 is 1.82 bits per heavy atom. The number of methoxy groups -OCH3 is 2. The second kappa shape index (κ2) is 17.8. The fourth-order valence-electron chi connectivity index (χ4n) is 9.02. The summed E-state index contributed by atoms with van der Waals surface area (Å²) in [5.41, 5.74) is 7.83. The van der Waals surface area contributed by atoms with E-state index in [1.165, 1.54) is 19.1 Å². The molecule has 2 aliphatic rings. The van der Waals surface area contributed by atoms with Gasteiger partial charge in [-0.05, 0) is 76.5 Å². The minimum absolute atomic E-state index is 0.0994.